The number of hydrogen-bond donors (Lipinski definition) is 1. The molecule has 166 valence electrons. The lowest BCUT2D eigenvalue weighted by Crippen LogP contribution is -1.98. The van der Waals surface area contributed by atoms with Gasteiger partial charge in [0, 0.05) is 56.9 Å². The molecule has 0 spiro atoms. The van der Waals surface area contributed by atoms with E-state index in [0.717, 1.165) is 40.2 Å². The van der Waals surface area contributed by atoms with Gasteiger partial charge in [0.2, 0.25) is 0 Å². The van der Waals surface area contributed by atoms with E-state index < -0.39 is 0 Å². The summed E-state index contributed by atoms with van der Waals surface area (Å²) in [5, 5.41) is 2.54. The topological polar surface area (TPSA) is 43.8 Å². The number of anilines is 1. The molecule has 0 saturated carbocycles. The summed E-state index contributed by atoms with van der Waals surface area (Å²) in [6, 6.07) is 36.3. The number of nitrogens with two attached hydrogens (primary N) is 1. The Morgan fingerprint density at radius 1 is 0.686 bits per heavy atom. The summed E-state index contributed by atoms with van der Waals surface area (Å²) in [6.07, 6.45) is 4.14. The zero-order chi connectivity index (χ0) is 23.4. The Labute approximate surface area is 203 Å². The van der Waals surface area contributed by atoms with Gasteiger partial charge >= 0.3 is 0 Å². The lowest BCUT2D eigenvalue weighted by Gasteiger charge is -2.09. The van der Waals surface area contributed by atoms with Crippen molar-refractivity contribution in [2.75, 3.05) is 5.73 Å². The first-order chi connectivity index (χ1) is 17.3. The molecule has 0 bridgehead atoms. The Balaban J connectivity index is 1.41. The van der Waals surface area contributed by atoms with Gasteiger partial charge in [0.05, 0.1) is 5.69 Å². The molecular formula is C32H23N3. The average molecular weight is 450 g/mol. The number of pyridine rings is 1. The number of allylic oxidation sites excluding steroid dienone is 1. The van der Waals surface area contributed by atoms with Crippen molar-refractivity contribution < 1.29 is 0 Å². The third-order valence-electron chi connectivity index (χ3n) is 7.08. The van der Waals surface area contributed by atoms with Crippen LogP contribution in [0.1, 0.15) is 11.3 Å². The largest absolute Gasteiger partial charge is 0.398 e. The van der Waals surface area contributed by atoms with Crippen LogP contribution in [0.4, 0.5) is 5.69 Å². The van der Waals surface area contributed by atoms with Crippen LogP contribution in [0.15, 0.2) is 115 Å². The van der Waals surface area contributed by atoms with E-state index in [9.17, 15) is 0 Å². The molecule has 1 aliphatic rings. The minimum Gasteiger partial charge on any atom is -0.398 e. The number of benzene rings is 4. The molecule has 2 aromatic heterocycles. The van der Waals surface area contributed by atoms with E-state index in [1.807, 2.05) is 24.4 Å². The summed E-state index contributed by atoms with van der Waals surface area (Å²) < 4.78 is 2.40. The Bertz CT molecular complexity index is 1770. The number of hydrogen-bond acceptors (Lipinski definition) is 2. The SMILES string of the molecule is Nc1cccc2c1/C(=C\Cn1c3ccccc3c3cc(-c4ccccc4)ccc31)c1ncccc1-2. The number of nitrogen functional groups attached to an aromatic ring is 1. The number of rotatable bonds is 3. The standard InChI is InChI=1S/C32H23N3/c33-28-13-6-11-24-25-12-7-18-34-32(25)26(31(24)28)17-19-35-29-14-5-4-10-23(29)27-20-22(15-16-30(27)35)21-8-2-1-3-9-21/h1-18,20H,19,33H2/b26-17+. The van der Waals surface area contributed by atoms with Crippen LogP contribution in [-0.2, 0) is 6.54 Å². The van der Waals surface area contributed by atoms with Gasteiger partial charge in [-0.15, -0.1) is 0 Å². The molecule has 35 heavy (non-hydrogen) atoms. The van der Waals surface area contributed by atoms with E-state index in [1.54, 1.807) is 0 Å². The fraction of sp³-hybridized carbons (Fsp3) is 0.0312. The molecule has 0 atom stereocenters. The molecule has 0 aliphatic heterocycles. The second-order valence-electron chi connectivity index (χ2n) is 9.01. The molecule has 0 fully saturated rings. The number of para-hydroxylation sites is 1. The van der Waals surface area contributed by atoms with Crippen LogP contribution in [0.2, 0.25) is 0 Å². The lowest BCUT2D eigenvalue weighted by atomic mass is 10.0. The van der Waals surface area contributed by atoms with Gasteiger partial charge in [-0.05, 0) is 47.0 Å². The summed E-state index contributed by atoms with van der Waals surface area (Å²) >= 11 is 0. The van der Waals surface area contributed by atoms with E-state index in [4.69, 9.17) is 10.7 Å². The van der Waals surface area contributed by atoms with Crippen molar-refractivity contribution >= 4 is 33.1 Å². The quantitative estimate of drug-likeness (QED) is 0.283. The van der Waals surface area contributed by atoms with Crippen LogP contribution in [0.5, 0.6) is 0 Å². The van der Waals surface area contributed by atoms with Gasteiger partial charge in [0.1, 0.15) is 0 Å². The van der Waals surface area contributed by atoms with Crippen LogP contribution >= 0.6 is 0 Å². The smallest absolute Gasteiger partial charge is 0.0784 e. The number of nitrogens with zero attached hydrogens (tertiary/aromatic N) is 2. The molecule has 7 rings (SSSR count). The maximum atomic E-state index is 6.47. The molecule has 2 heterocycles. The summed E-state index contributed by atoms with van der Waals surface area (Å²) in [7, 11) is 0. The van der Waals surface area contributed by atoms with Crippen molar-refractivity contribution in [3.63, 3.8) is 0 Å². The molecule has 0 amide bonds. The minimum atomic E-state index is 0.730. The van der Waals surface area contributed by atoms with Crippen molar-refractivity contribution in [3.05, 3.63) is 127 Å². The van der Waals surface area contributed by atoms with Gasteiger partial charge in [-0.1, -0.05) is 78.9 Å². The fourth-order valence-corrected chi connectivity index (χ4v) is 5.49. The van der Waals surface area contributed by atoms with Gasteiger partial charge in [-0.25, -0.2) is 0 Å². The lowest BCUT2D eigenvalue weighted by molar-refractivity contribution is 0.900. The van der Waals surface area contributed by atoms with Crippen LogP contribution < -0.4 is 5.73 Å². The van der Waals surface area contributed by atoms with Gasteiger partial charge in [-0.3, -0.25) is 4.98 Å². The number of fused-ring (bicyclic) bond motifs is 6. The van der Waals surface area contributed by atoms with E-state index in [0.29, 0.717) is 0 Å². The van der Waals surface area contributed by atoms with Crippen LogP contribution in [0.25, 0.3) is 49.6 Å². The first kappa shape index (κ1) is 19.8. The minimum absolute atomic E-state index is 0.730. The average Bonchev–Trinajstić information content (AvgIpc) is 3.41. The second kappa shape index (κ2) is 7.71. The van der Waals surface area contributed by atoms with Crippen molar-refractivity contribution in [2.24, 2.45) is 0 Å². The Morgan fingerprint density at radius 3 is 2.40 bits per heavy atom. The van der Waals surface area contributed by atoms with E-state index in [1.165, 1.54) is 32.9 Å². The van der Waals surface area contributed by atoms with Gasteiger partial charge in [0.25, 0.3) is 0 Å². The normalized spacial score (nSPS) is 13.4. The van der Waals surface area contributed by atoms with Crippen molar-refractivity contribution in [2.45, 2.75) is 6.54 Å². The summed E-state index contributed by atoms with van der Waals surface area (Å²) in [5.74, 6) is 0. The molecular weight excluding hydrogens is 426 g/mol. The predicted molar refractivity (Wildman–Crippen MR) is 146 cm³/mol. The fourth-order valence-electron chi connectivity index (χ4n) is 5.49. The first-order valence-corrected chi connectivity index (χ1v) is 11.9. The molecule has 1 aliphatic carbocycles. The highest BCUT2D eigenvalue weighted by atomic mass is 15.0. The van der Waals surface area contributed by atoms with Gasteiger partial charge in [-0.2, -0.15) is 0 Å². The highest BCUT2D eigenvalue weighted by molar-refractivity contribution is 6.09. The molecule has 3 heteroatoms. The maximum absolute atomic E-state index is 6.47. The summed E-state index contributed by atoms with van der Waals surface area (Å²) in [6.45, 7) is 0.730. The third kappa shape index (κ3) is 3.02. The predicted octanol–water partition coefficient (Wildman–Crippen LogP) is 7.55. The molecule has 4 aromatic carbocycles. The summed E-state index contributed by atoms with van der Waals surface area (Å²) in [5.41, 5.74) is 17.7. The van der Waals surface area contributed by atoms with Crippen molar-refractivity contribution in [1.82, 2.24) is 9.55 Å². The van der Waals surface area contributed by atoms with Crippen molar-refractivity contribution in [1.29, 1.82) is 0 Å². The molecule has 0 radical (unpaired) electrons. The van der Waals surface area contributed by atoms with Crippen molar-refractivity contribution in [3.8, 4) is 22.3 Å². The molecule has 6 aromatic rings. The number of aromatic nitrogens is 2. The second-order valence-corrected chi connectivity index (χ2v) is 9.01. The highest BCUT2D eigenvalue weighted by Crippen LogP contribution is 2.45. The van der Waals surface area contributed by atoms with Crippen LogP contribution in [0.3, 0.4) is 0 Å². The molecule has 3 nitrogen and oxygen atoms in total. The Hall–Kier alpha value is -4.63. The zero-order valence-corrected chi connectivity index (χ0v) is 19.1. The first-order valence-electron chi connectivity index (χ1n) is 11.9. The van der Waals surface area contributed by atoms with Gasteiger partial charge in [0.15, 0.2) is 0 Å². The Morgan fingerprint density at radius 2 is 1.49 bits per heavy atom. The third-order valence-corrected chi connectivity index (χ3v) is 7.08. The molecule has 0 unspecified atom stereocenters. The summed E-state index contributed by atoms with van der Waals surface area (Å²) in [4.78, 5) is 4.73. The van der Waals surface area contributed by atoms with Gasteiger partial charge < -0.3 is 10.3 Å². The van der Waals surface area contributed by atoms with Crippen LogP contribution in [-0.4, -0.2) is 9.55 Å². The van der Waals surface area contributed by atoms with Crippen LogP contribution in [0, 0.1) is 0 Å². The molecule has 0 saturated heterocycles. The zero-order valence-electron chi connectivity index (χ0n) is 19.1. The highest BCUT2D eigenvalue weighted by Gasteiger charge is 2.26. The monoisotopic (exact) mass is 449 g/mol. The Kier molecular flexibility index (Phi) is 4.36. The van der Waals surface area contributed by atoms with E-state index in [2.05, 4.69) is 95.6 Å². The molecule has 2 N–H and O–H groups in total. The maximum Gasteiger partial charge on any atom is 0.0784 e. The van der Waals surface area contributed by atoms with E-state index in [-0.39, 0.29) is 0 Å². The van der Waals surface area contributed by atoms with E-state index >= 15 is 0 Å².